The zero-order chi connectivity index (χ0) is 13.1. The summed E-state index contributed by atoms with van der Waals surface area (Å²) in [7, 11) is 0. The van der Waals surface area contributed by atoms with Crippen LogP contribution < -0.4 is 0 Å². The molecule has 2 aromatic rings. The minimum absolute atomic E-state index is 0. The summed E-state index contributed by atoms with van der Waals surface area (Å²) in [5, 5.41) is 0. The molecule has 2 aromatic carbocycles. The highest BCUT2D eigenvalue weighted by Crippen LogP contribution is 2.23. The fourth-order valence-corrected chi connectivity index (χ4v) is 2.70. The predicted octanol–water partition coefficient (Wildman–Crippen LogP) is 5.87. The maximum atomic E-state index is 3.97. The van der Waals surface area contributed by atoms with Gasteiger partial charge in [0, 0.05) is 0 Å². The van der Waals surface area contributed by atoms with Crippen LogP contribution in [0.1, 0.15) is 37.1 Å². The monoisotopic (exact) mass is 278 g/mol. The van der Waals surface area contributed by atoms with Crippen LogP contribution in [0.2, 0.25) is 0 Å². The van der Waals surface area contributed by atoms with Gasteiger partial charge in [0.25, 0.3) is 0 Å². The summed E-state index contributed by atoms with van der Waals surface area (Å²) in [5.74, 6) is 0. The Morgan fingerprint density at radius 2 is 1.24 bits per heavy atom. The van der Waals surface area contributed by atoms with Crippen LogP contribution in [0.15, 0.2) is 66.8 Å². The summed E-state index contributed by atoms with van der Waals surface area (Å²) in [4.78, 5) is 0. The van der Waals surface area contributed by atoms with E-state index >= 15 is 0 Å². The second-order valence-corrected chi connectivity index (χ2v) is 5.18. The highest BCUT2D eigenvalue weighted by atomic mass is 14.2. The minimum atomic E-state index is 0. The summed E-state index contributed by atoms with van der Waals surface area (Å²) < 4.78 is 0. The standard InChI is InChI=1S/C10H10.C9H8.2CH4/c1-8-6-9-4-2-3-5-10(9)7-8;1-2-5-9-7-3-6-8(9)4-1;;/h2-5H,1,6-7H2;1-6H,7H2;2*1H4. The Kier molecular flexibility index (Phi) is 6.17. The molecule has 2 aliphatic carbocycles. The lowest BCUT2D eigenvalue weighted by Crippen LogP contribution is -1.77. The van der Waals surface area contributed by atoms with Gasteiger partial charge in [-0.1, -0.05) is 87.7 Å². The van der Waals surface area contributed by atoms with E-state index in [0.717, 1.165) is 19.3 Å². The number of allylic oxidation sites excluding steroid dienone is 2. The summed E-state index contributed by atoms with van der Waals surface area (Å²) in [5.41, 5.74) is 7.12. The van der Waals surface area contributed by atoms with Crippen molar-refractivity contribution in [2.45, 2.75) is 34.1 Å². The molecule has 0 saturated carbocycles. The van der Waals surface area contributed by atoms with E-state index in [1.54, 1.807) is 0 Å². The molecule has 0 heteroatoms. The third kappa shape index (κ3) is 3.95. The molecule has 0 nitrogen and oxygen atoms in total. The molecule has 4 rings (SSSR count). The SMILES string of the molecule is C.C.C1=Cc2ccccc2C1.C=C1Cc2ccccc2C1. The minimum Gasteiger partial charge on any atom is -0.0992 e. The fraction of sp³-hybridized carbons (Fsp3) is 0.238. The molecule has 21 heavy (non-hydrogen) atoms. The van der Waals surface area contributed by atoms with E-state index in [9.17, 15) is 0 Å². The van der Waals surface area contributed by atoms with Crippen LogP contribution in [0.4, 0.5) is 0 Å². The molecule has 0 atom stereocenters. The molecule has 0 aliphatic heterocycles. The van der Waals surface area contributed by atoms with Crippen molar-refractivity contribution in [1.29, 1.82) is 0 Å². The van der Waals surface area contributed by atoms with Crippen LogP contribution in [0, 0.1) is 0 Å². The van der Waals surface area contributed by atoms with Gasteiger partial charge >= 0.3 is 0 Å². The molecule has 2 aliphatic rings. The molecule has 0 unspecified atom stereocenters. The Morgan fingerprint density at radius 1 is 0.714 bits per heavy atom. The van der Waals surface area contributed by atoms with Crippen LogP contribution in [0.5, 0.6) is 0 Å². The topological polar surface area (TPSA) is 0 Å². The number of benzene rings is 2. The van der Waals surface area contributed by atoms with Crippen molar-refractivity contribution in [3.05, 3.63) is 89.0 Å². The zero-order valence-corrected chi connectivity index (χ0v) is 11.1. The molecular formula is C21H26. The lowest BCUT2D eigenvalue weighted by Gasteiger charge is -1.93. The quantitative estimate of drug-likeness (QED) is 0.529. The molecule has 0 aromatic heterocycles. The van der Waals surface area contributed by atoms with E-state index in [4.69, 9.17) is 0 Å². The van der Waals surface area contributed by atoms with Crippen molar-refractivity contribution in [3.63, 3.8) is 0 Å². The van der Waals surface area contributed by atoms with Crippen LogP contribution in [0.25, 0.3) is 6.08 Å². The summed E-state index contributed by atoms with van der Waals surface area (Å²) >= 11 is 0. The second kappa shape index (κ2) is 7.64. The average molecular weight is 278 g/mol. The average Bonchev–Trinajstić information content (AvgIpc) is 3.03. The van der Waals surface area contributed by atoms with Gasteiger partial charge < -0.3 is 0 Å². The van der Waals surface area contributed by atoms with Gasteiger partial charge in [-0.25, -0.2) is 0 Å². The van der Waals surface area contributed by atoms with Crippen LogP contribution >= 0.6 is 0 Å². The molecule has 0 saturated heterocycles. The van der Waals surface area contributed by atoms with Gasteiger partial charge in [0.2, 0.25) is 0 Å². The zero-order valence-electron chi connectivity index (χ0n) is 11.1. The van der Waals surface area contributed by atoms with Crippen molar-refractivity contribution in [1.82, 2.24) is 0 Å². The molecule has 0 fully saturated rings. The van der Waals surface area contributed by atoms with Crippen molar-refractivity contribution in [3.8, 4) is 0 Å². The van der Waals surface area contributed by atoms with Gasteiger partial charge in [-0.05, 0) is 41.5 Å². The largest absolute Gasteiger partial charge is 0.0992 e. The second-order valence-electron chi connectivity index (χ2n) is 5.18. The van der Waals surface area contributed by atoms with Crippen molar-refractivity contribution in [2.24, 2.45) is 0 Å². The molecule has 0 bridgehead atoms. The van der Waals surface area contributed by atoms with E-state index in [2.05, 4.69) is 67.3 Å². The first-order chi connectivity index (χ1) is 9.33. The van der Waals surface area contributed by atoms with Crippen LogP contribution in [0.3, 0.4) is 0 Å². The molecule has 110 valence electrons. The molecule has 0 N–H and O–H groups in total. The Balaban J connectivity index is 0.000000192. The summed E-state index contributed by atoms with van der Waals surface area (Å²) in [6, 6.07) is 17.1. The number of fused-ring (bicyclic) bond motifs is 2. The van der Waals surface area contributed by atoms with Crippen LogP contribution in [-0.2, 0) is 19.3 Å². The molecule has 0 radical (unpaired) electrons. The van der Waals surface area contributed by atoms with Crippen molar-refractivity contribution >= 4 is 6.08 Å². The maximum absolute atomic E-state index is 3.97. The first-order valence-electron chi connectivity index (χ1n) is 6.81. The molecular weight excluding hydrogens is 252 g/mol. The normalized spacial score (nSPS) is 13.2. The van der Waals surface area contributed by atoms with E-state index in [1.165, 1.54) is 27.8 Å². The van der Waals surface area contributed by atoms with Gasteiger partial charge in [-0.15, -0.1) is 0 Å². The van der Waals surface area contributed by atoms with E-state index in [-0.39, 0.29) is 14.9 Å². The molecule has 0 amide bonds. The van der Waals surface area contributed by atoms with Crippen molar-refractivity contribution in [2.75, 3.05) is 0 Å². The first kappa shape index (κ1) is 17.0. The smallest absolute Gasteiger partial charge is 0.00636 e. The third-order valence-corrected chi connectivity index (χ3v) is 3.69. The summed E-state index contributed by atoms with van der Waals surface area (Å²) in [6.45, 7) is 3.97. The number of rotatable bonds is 0. The summed E-state index contributed by atoms with van der Waals surface area (Å²) in [6.07, 6.45) is 7.68. The van der Waals surface area contributed by atoms with Crippen molar-refractivity contribution < 1.29 is 0 Å². The number of hydrogen-bond donors (Lipinski definition) is 0. The lowest BCUT2D eigenvalue weighted by atomic mass is 10.1. The fourth-order valence-electron chi connectivity index (χ4n) is 2.70. The van der Waals surface area contributed by atoms with E-state index in [1.807, 2.05) is 0 Å². The molecule has 0 heterocycles. The van der Waals surface area contributed by atoms with Crippen LogP contribution in [-0.4, -0.2) is 0 Å². The maximum Gasteiger partial charge on any atom is -0.00636 e. The Labute approximate surface area is 129 Å². The van der Waals surface area contributed by atoms with Gasteiger partial charge in [-0.3, -0.25) is 0 Å². The van der Waals surface area contributed by atoms with E-state index < -0.39 is 0 Å². The van der Waals surface area contributed by atoms with Gasteiger partial charge in [0.05, 0.1) is 0 Å². The molecule has 0 spiro atoms. The Bertz CT molecular complexity index is 605. The Morgan fingerprint density at radius 3 is 1.81 bits per heavy atom. The van der Waals surface area contributed by atoms with E-state index in [0.29, 0.717) is 0 Å². The van der Waals surface area contributed by atoms with Gasteiger partial charge in [-0.2, -0.15) is 0 Å². The number of hydrogen-bond acceptors (Lipinski definition) is 0. The Hall–Kier alpha value is -2.08. The first-order valence-corrected chi connectivity index (χ1v) is 6.81. The van der Waals surface area contributed by atoms with Gasteiger partial charge in [0.15, 0.2) is 0 Å². The van der Waals surface area contributed by atoms with Gasteiger partial charge in [0.1, 0.15) is 0 Å². The predicted molar refractivity (Wildman–Crippen MR) is 95.6 cm³/mol. The third-order valence-electron chi connectivity index (χ3n) is 3.69. The highest BCUT2D eigenvalue weighted by Gasteiger charge is 2.11. The highest BCUT2D eigenvalue weighted by molar-refractivity contribution is 5.59. The lowest BCUT2D eigenvalue weighted by molar-refractivity contribution is 1.19.